The van der Waals surface area contributed by atoms with Gasteiger partial charge in [-0.3, -0.25) is 4.79 Å². The number of aliphatic carboxylic acids is 1. The number of carboxylic acid groups (broad SMARTS) is 1. The van der Waals surface area contributed by atoms with E-state index in [1.54, 1.807) is 18.0 Å². The molecule has 3 N–H and O–H groups in total. The second kappa shape index (κ2) is 4.51. The molecule has 0 spiro atoms. The quantitative estimate of drug-likeness (QED) is 0.841. The molecule has 1 fully saturated rings. The number of nitrogens with two attached hydrogens (primary N) is 1. The molecule has 1 heterocycles. The lowest BCUT2D eigenvalue weighted by Gasteiger charge is -2.17. The van der Waals surface area contributed by atoms with E-state index in [1.165, 1.54) is 0 Å². The second-order valence-electron chi connectivity index (χ2n) is 4.22. The minimum absolute atomic E-state index is 0.325. The van der Waals surface area contributed by atoms with E-state index in [4.69, 9.17) is 15.3 Å². The highest BCUT2D eigenvalue weighted by Crippen LogP contribution is 2.37. The summed E-state index contributed by atoms with van der Waals surface area (Å²) in [4.78, 5) is 10.9. The summed E-state index contributed by atoms with van der Waals surface area (Å²) < 4.78 is 5.22. The number of furan rings is 1. The van der Waals surface area contributed by atoms with E-state index in [0.29, 0.717) is 18.1 Å². The van der Waals surface area contributed by atoms with Crippen molar-refractivity contribution in [2.24, 2.45) is 5.73 Å². The SMILES string of the molecule is NC1(C(=O)O)CCC(SCc2ccco2)C1. The lowest BCUT2D eigenvalue weighted by atomic mass is 10.0. The van der Waals surface area contributed by atoms with Crippen molar-refractivity contribution in [3.63, 3.8) is 0 Å². The molecule has 4 nitrogen and oxygen atoms in total. The van der Waals surface area contributed by atoms with Gasteiger partial charge >= 0.3 is 5.97 Å². The Morgan fingerprint density at radius 3 is 3.12 bits per heavy atom. The Morgan fingerprint density at radius 1 is 1.75 bits per heavy atom. The summed E-state index contributed by atoms with van der Waals surface area (Å²) in [6, 6.07) is 3.78. The van der Waals surface area contributed by atoms with Crippen LogP contribution in [0.5, 0.6) is 0 Å². The molecule has 1 aromatic rings. The Labute approximate surface area is 98.2 Å². The summed E-state index contributed by atoms with van der Waals surface area (Å²) in [7, 11) is 0. The predicted molar refractivity (Wildman–Crippen MR) is 62.2 cm³/mol. The molecular formula is C11H15NO3S. The van der Waals surface area contributed by atoms with Gasteiger partial charge in [0, 0.05) is 5.25 Å². The highest BCUT2D eigenvalue weighted by molar-refractivity contribution is 7.99. The highest BCUT2D eigenvalue weighted by Gasteiger charge is 2.42. The fourth-order valence-electron chi connectivity index (χ4n) is 1.96. The smallest absolute Gasteiger partial charge is 0.323 e. The molecule has 16 heavy (non-hydrogen) atoms. The van der Waals surface area contributed by atoms with E-state index in [-0.39, 0.29) is 0 Å². The predicted octanol–water partition coefficient (Wildman–Crippen LogP) is 1.85. The molecule has 5 heteroatoms. The molecule has 1 saturated carbocycles. The first-order valence-electron chi connectivity index (χ1n) is 5.26. The van der Waals surface area contributed by atoms with Crippen LogP contribution in [0.2, 0.25) is 0 Å². The summed E-state index contributed by atoms with van der Waals surface area (Å²) >= 11 is 1.72. The average Bonchev–Trinajstić information content (AvgIpc) is 2.85. The summed E-state index contributed by atoms with van der Waals surface area (Å²) in [5, 5.41) is 9.31. The van der Waals surface area contributed by atoms with Gasteiger partial charge in [0.1, 0.15) is 11.3 Å². The highest BCUT2D eigenvalue weighted by atomic mass is 32.2. The van der Waals surface area contributed by atoms with Crippen LogP contribution >= 0.6 is 11.8 Å². The van der Waals surface area contributed by atoms with Crippen LogP contribution in [-0.2, 0) is 10.5 Å². The maximum Gasteiger partial charge on any atom is 0.323 e. The number of carboxylic acids is 1. The Morgan fingerprint density at radius 2 is 2.56 bits per heavy atom. The Kier molecular flexibility index (Phi) is 3.25. The number of carbonyl (C=O) groups is 1. The van der Waals surface area contributed by atoms with Crippen molar-refractivity contribution in [2.75, 3.05) is 0 Å². The van der Waals surface area contributed by atoms with Crippen LogP contribution in [-0.4, -0.2) is 21.9 Å². The van der Waals surface area contributed by atoms with Crippen molar-refractivity contribution in [1.29, 1.82) is 0 Å². The van der Waals surface area contributed by atoms with E-state index in [9.17, 15) is 4.79 Å². The van der Waals surface area contributed by atoms with Crippen LogP contribution in [0.25, 0.3) is 0 Å². The zero-order valence-electron chi connectivity index (χ0n) is 8.89. The van der Waals surface area contributed by atoms with Gasteiger partial charge in [0.05, 0.1) is 12.0 Å². The number of rotatable bonds is 4. The van der Waals surface area contributed by atoms with E-state index in [0.717, 1.165) is 17.9 Å². The molecule has 1 aliphatic carbocycles. The third-order valence-corrected chi connectivity index (χ3v) is 4.30. The van der Waals surface area contributed by atoms with Gasteiger partial charge < -0.3 is 15.3 Å². The second-order valence-corrected chi connectivity index (χ2v) is 5.51. The number of thioether (sulfide) groups is 1. The van der Waals surface area contributed by atoms with Gasteiger partial charge in [0.15, 0.2) is 0 Å². The Balaban J connectivity index is 1.83. The molecule has 2 rings (SSSR count). The van der Waals surface area contributed by atoms with Crippen LogP contribution in [0.3, 0.4) is 0 Å². The molecule has 1 aliphatic rings. The molecule has 88 valence electrons. The van der Waals surface area contributed by atoms with Crippen molar-refractivity contribution in [2.45, 2.75) is 35.8 Å². The summed E-state index contributed by atoms with van der Waals surface area (Å²) in [5.41, 5.74) is 4.79. The van der Waals surface area contributed by atoms with Crippen LogP contribution in [0.1, 0.15) is 25.0 Å². The van der Waals surface area contributed by atoms with Crippen LogP contribution in [0, 0.1) is 0 Å². The maximum atomic E-state index is 10.9. The number of hydrogen-bond acceptors (Lipinski definition) is 4. The standard InChI is InChI=1S/C11H15NO3S/c12-11(10(13)14)4-3-9(6-11)16-7-8-2-1-5-15-8/h1-2,5,9H,3-4,6-7,12H2,(H,13,14). The zero-order valence-corrected chi connectivity index (χ0v) is 9.70. The van der Waals surface area contributed by atoms with Crippen molar-refractivity contribution in [1.82, 2.24) is 0 Å². The maximum absolute atomic E-state index is 10.9. The van der Waals surface area contributed by atoms with Gasteiger partial charge in [0.25, 0.3) is 0 Å². The largest absolute Gasteiger partial charge is 0.480 e. The van der Waals surface area contributed by atoms with Gasteiger partial charge in [-0.15, -0.1) is 0 Å². The fraction of sp³-hybridized carbons (Fsp3) is 0.545. The number of hydrogen-bond donors (Lipinski definition) is 2. The molecule has 0 amide bonds. The minimum atomic E-state index is -1.01. The van der Waals surface area contributed by atoms with Crippen LogP contribution < -0.4 is 5.73 Å². The molecule has 0 aromatic carbocycles. The Hall–Kier alpha value is -0.940. The normalized spacial score (nSPS) is 29.4. The molecule has 0 radical (unpaired) electrons. The van der Waals surface area contributed by atoms with E-state index in [1.807, 2.05) is 12.1 Å². The first-order chi connectivity index (χ1) is 7.60. The van der Waals surface area contributed by atoms with Gasteiger partial charge in [-0.1, -0.05) is 0 Å². The van der Waals surface area contributed by atoms with Gasteiger partial charge in [-0.2, -0.15) is 11.8 Å². The fourth-order valence-corrected chi connectivity index (χ4v) is 3.22. The van der Waals surface area contributed by atoms with E-state index in [2.05, 4.69) is 0 Å². The van der Waals surface area contributed by atoms with Gasteiger partial charge in [0.2, 0.25) is 0 Å². The molecule has 0 aliphatic heterocycles. The van der Waals surface area contributed by atoms with Crippen LogP contribution in [0.4, 0.5) is 0 Å². The topological polar surface area (TPSA) is 76.5 Å². The third kappa shape index (κ3) is 2.41. The molecular weight excluding hydrogens is 226 g/mol. The van der Waals surface area contributed by atoms with Crippen molar-refractivity contribution < 1.29 is 14.3 Å². The summed E-state index contributed by atoms with van der Waals surface area (Å²) in [5.74, 6) is 0.830. The van der Waals surface area contributed by atoms with Crippen molar-refractivity contribution in [3.05, 3.63) is 24.2 Å². The minimum Gasteiger partial charge on any atom is -0.480 e. The van der Waals surface area contributed by atoms with E-state index >= 15 is 0 Å². The van der Waals surface area contributed by atoms with E-state index < -0.39 is 11.5 Å². The molecule has 0 saturated heterocycles. The average molecular weight is 241 g/mol. The van der Waals surface area contributed by atoms with Gasteiger partial charge in [-0.05, 0) is 31.4 Å². The Bertz CT molecular complexity index is 365. The van der Waals surface area contributed by atoms with Gasteiger partial charge in [-0.25, -0.2) is 0 Å². The molecule has 0 bridgehead atoms. The molecule has 2 unspecified atom stereocenters. The summed E-state index contributed by atoms with van der Waals surface area (Å²) in [6.07, 6.45) is 3.63. The lowest BCUT2D eigenvalue weighted by molar-refractivity contribution is -0.143. The third-order valence-electron chi connectivity index (χ3n) is 2.97. The lowest BCUT2D eigenvalue weighted by Crippen LogP contribution is -2.45. The summed E-state index contributed by atoms with van der Waals surface area (Å²) in [6.45, 7) is 0. The van der Waals surface area contributed by atoms with Crippen molar-refractivity contribution >= 4 is 17.7 Å². The molecule has 2 atom stereocenters. The molecule has 1 aromatic heterocycles. The monoisotopic (exact) mass is 241 g/mol. The van der Waals surface area contributed by atoms with Crippen molar-refractivity contribution in [3.8, 4) is 0 Å². The van der Waals surface area contributed by atoms with Crippen LogP contribution in [0.15, 0.2) is 22.8 Å². The first-order valence-corrected chi connectivity index (χ1v) is 6.31. The zero-order chi connectivity index (χ0) is 11.6. The first kappa shape index (κ1) is 11.5.